The Bertz CT molecular complexity index is 1080. The second kappa shape index (κ2) is 8.22. The smallest absolute Gasteiger partial charge is 0.261 e. The van der Waals surface area contributed by atoms with Crippen LogP contribution in [0, 0.1) is 0 Å². The van der Waals surface area contributed by atoms with Crippen molar-refractivity contribution in [1.29, 1.82) is 0 Å². The van der Waals surface area contributed by atoms with Gasteiger partial charge < -0.3 is 9.84 Å². The summed E-state index contributed by atoms with van der Waals surface area (Å²) in [7, 11) is 2.07. The van der Waals surface area contributed by atoms with Crippen molar-refractivity contribution in [2.24, 2.45) is 0 Å². The summed E-state index contributed by atoms with van der Waals surface area (Å²) in [6.45, 7) is 3.48. The summed E-state index contributed by atoms with van der Waals surface area (Å²) in [5.41, 5.74) is 1.55. The average Bonchev–Trinajstić information content (AvgIpc) is 3.07. The maximum absolute atomic E-state index is 12.9. The SMILES string of the molecule is CN1CCNCC1c1noc(-c2ccc3c(=O)n4c(nc3c2)CCCCC4)n1.Cl. The third-order valence-electron chi connectivity index (χ3n) is 5.81. The highest BCUT2D eigenvalue weighted by atomic mass is 35.5. The Morgan fingerprint density at radius 1 is 1.17 bits per heavy atom. The lowest BCUT2D eigenvalue weighted by Crippen LogP contribution is -2.44. The highest BCUT2D eigenvalue weighted by molar-refractivity contribution is 5.85. The van der Waals surface area contributed by atoms with Gasteiger partial charge in [-0.2, -0.15) is 4.98 Å². The van der Waals surface area contributed by atoms with Crippen LogP contribution in [0.2, 0.25) is 0 Å². The van der Waals surface area contributed by atoms with E-state index in [4.69, 9.17) is 9.51 Å². The van der Waals surface area contributed by atoms with Gasteiger partial charge in [-0.05, 0) is 38.1 Å². The van der Waals surface area contributed by atoms with Crippen LogP contribution in [0.25, 0.3) is 22.4 Å². The van der Waals surface area contributed by atoms with Gasteiger partial charge in [0.25, 0.3) is 11.4 Å². The normalized spacial score (nSPS) is 20.1. The topological polar surface area (TPSA) is 89.1 Å². The quantitative estimate of drug-likeness (QED) is 0.684. The standard InChI is InChI=1S/C20H24N6O2.ClH/c1-25-10-8-21-12-16(25)18-23-19(28-24-18)13-6-7-14-15(11-13)22-17-5-3-2-4-9-26(17)20(14)27;/h6-7,11,16,21H,2-5,8-10,12H2,1H3;1H. The first kappa shape index (κ1) is 20.0. The Kier molecular flexibility index (Phi) is 5.67. The fourth-order valence-electron chi connectivity index (χ4n) is 4.13. The van der Waals surface area contributed by atoms with Crippen LogP contribution in [0.5, 0.6) is 0 Å². The van der Waals surface area contributed by atoms with E-state index < -0.39 is 0 Å². The van der Waals surface area contributed by atoms with Crippen LogP contribution in [0.4, 0.5) is 0 Å². The van der Waals surface area contributed by atoms with E-state index in [1.165, 1.54) is 0 Å². The molecule has 2 aliphatic heterocycles. The number of aryl methyl sites for hydroxylation is 1. The van der Waals surface area contributed by atoms with E-state index >= 15 is 0 Å². The molecule has 1 saturated heterocycles. The summed E-state index contributed by atoms with van der Waals surface area (Å²) in [5, 5.41) is 8.20. The molecule has 2 aliphatic rings. The number of nitrogens with one attached hydrogen (secondary N) is 1. The maximum Gasteiger partial charge on any atom is 0.261 e. The molecule has 4 heterocycles. The molecule has 1 unspecified atom stereocenters. The molecular weight excluding hydrogens is 392 g/mol. The lowest BCUT2D eigenvalue weighted by atomic mass is 10.1. The summed E-state index contributed by atoms with van der Waals surface area (Å²) < 4.78 is 7.38. The Morgan fingerprint density at radius 2 is 2.07 bits per heavy atom. The largest absolute Gasteiger partial charge is 0.334 e. The summed E-state index contributed by atoms with van der Waals surface area (Å²) >= 11 is 0. The fraction of sp³-hybridized carbons (Fsp3) is 0.500. The molecule has 0 radical (unpaired) electrons. The summed E-state index contributed by atoms with van der Waals surface area (Å²) in [4.78, 5) is 24.5. The fourth-order valence-corrected chi connectivity index (χ4v) is 4.13. The Morgan fingerprint density at radius 3 is 2.93 bits per heavy atom. The molecule has 1 N–H and O–H groups in total. The van der Waals surface area contributed by atoms with Crippen LogP contribution in [0.15, 0.2) is 27.5 Å². The third kappa shape index (κ3) is 3.68. The van der Waals surface area contributed by atoms with E-state index in [-0.39, 0.29) is 24.0 Å². The van der Waals surface area contributed by atoms with Crippen molar-refractivity contribution < 1.29 is 4.52 Å². The van der Waals surface area contributed by atoms with Crippen molar-refractivity contribution >= 4 is 23.3 Å². The van der Waals surface area contributed by atoms with Crippen LogP contribution in [0.3, 0.4) is 0 Å². The number of fused-ring (bicyclic) bond motifs is 2. The highest BCUT2D eigenvalue weighted by Gasteiger charge is 2.25. The number of likely N-dealkylation sites (N-methyl/N-ethyl adjacent to an activating group) is 1. The zero-order valence-electron chi connectivity index (χ0n) is 16.4. The molecule has 29 heavy (non-hydrogen) atoms. The van der Waals surface area contributed by atoms with Crippen molar-refractivity contribution in [2.75, 3.05) is 26.7 Å². The summed E-state index contributed by atoms with van der Waals surface area (Å²) in [5.74, 6) is 2.03. The van der Waals surface area contributed by atoms with Crippen LogP contribution in [-0.2, 0) is 13.0 Å². The first-order chi connectivity index (χ1) is 13.7. The lowest BCUT2D eigenvalue weighted by Gasteiger charge is -2.30. The number of piperazine rings is 1. The molecule has 0 bridgehead atoms. The molecule has 1 aromatic carbocycles. The van der Waals surface area contributed by atoms with Gasteiger partial charge in [-0.15, -0.1) is 12.4 Å². The minimum absolute atomic E-state index is 0. The summed E-state index contributed by atoms with van der Waals surface area (Å²) in [6, 6.07) is 5.69. The van der Waals surface area contributed by atoms with Gasteiger partial charge in [0.1, 0.15) is 5.82 Å². The summed E-state index contributed by atoms with van der Waals surface area (Å²) in [6.07, 6.45) is 4.10. The van der Waals surface area contributed by atoms with E-state index in [1.807, 2.05) is 22.8 Å². The maximum atomic E-state index is 12.9. The predicted octanol–water partition coefficient (Wildman–Crippen LogP) is 2.17. The van der Waals surface area contributed by atoms with Crippen LogP contribution >= 0.6 is 12.4 Å². The number of halogens is 1. The molecule has 5 rings (SSSR count). The molecule has 1 fully saturated rings. The van der Waals surface area contributed by atoms with Crippen molar-refractivity contribution in [3.8, 4) is 11.5 Å². The molecule has 0 aliphatic carbocycles. The minimum Gasteiger partial charge on any atom is -0.334 e. The molecule has 3 aromatic rings. The first-order valence-corrected chi connectivity index (χ1v) is 9.99. The van der Waals surface area contributed by atoms with Gasteiger partial charge in [0, 0.05) is 38.2 Å². The van der Waals surface area contributed by atoms with Crippen molar-refractivity contribution in [3.05, 3.63) is 40.2 Å². The van der Waals surface area contributed by atoms with E-state index in [2.05, 4.69) is 27.4 Å². The highest BCUT2D eigenvalue weighted by Crippen LogP contribution is 2.25. The predicted molar refractivity (Wildman–Crippen MR) is 112 cm³/mol. The lowest BCUT2D eigenvalue weighted by molar-refractivity contribution is 0.190. The minimum atomic E-state index is 0. The van der Waals surface area contributed by atoms with Crippen molar-refractivity contribution in [3.63, 3.8) is 0 Å². The van der Waals surface area contributed by atoms with Crippen LogP contribution in [0.1, 0.15) is 37.0 Å². The third-order valence-corrected chi connectivity index (χ3v) is 5.81. The molecule has 0 saturated carbocycles. The second-order valence-electron chi connectivity index (χ2n) is 7.69. The van der Waals surface area contributed by atoms with E-state index in [9.17, 15) is 4.79 Å². The average molecular weight is 417 g/mol. The van der Waals surface area contributed by atoms with E-state index in [0.29, 0.717) is 22.6 Å². The molecular formula is C20H25ClN6O2. The zero-order chi connectivity index (χ0) is 19.1. The van der Waals surface area contributed by atoms with Gasteiger partial charge in [0.15, 0.2) is 5.82 Å². The van der Waals surface area contributed by atoms with Crippen molar-refractivity contribution in [2.45, 2.75) is 38.3 Å². The van der Waals surface area contributed by atoms with Crippen molar-refractivity contribution in [1.82, 2.24) is 29.9 Å². The van der Waals surface area contributed by atoms with Gasteiger partial charge in [-0.3, -0.25) is 14.3 Å². The molecule has 9 heteroatoms. The second-order valence-corrected chi connectivity index (χ2v) is 7.69. The van der Waals surface area contributed by atoms with Gasteiger partial charge >= 0.3 is 0 Å². The number of hydrogen-bond donors (Lipinski definition) is 1. The van der Waals surface area contributed by atoms with Gasteiger partial charge in [-0.1, -0.05) is 11.6 Å². The van der Waals surface area contributed by atoms with Crippen LogP contribution in [-0.4, -0.2) is 51.3 Å². The number of rotatable bonds is 2. The number of nitrogens with zero attached hydrogens (tertiary/aromatic N) is 5. The molecule has 8 nitrogen and oxygen atoms in total. The first-order valence-electron chi connectivity index (χ1n) is 9.99. The monoisotopic (exact) mass is 416 g/mol. The molecule has 0 amide bonds. The van der Waals surface area contributed by atoms with Gasteiger partial charge in [-0.25, -0.2) is 4.98 Å². The Hall–Kier alpha value is -2.29. The molecule has 0 spiro atoms. The number of aromatic nitrogens is 4. The Balaban J connectivity index is 0.00000205. The van der Waals surface area contributed by atoms with Crippen LogP contribution < -0.4 is 10.9 Å². The van der Waals surface area contributed by atoms with E-state index in [0.717, 1.165) is 63.3 Å². The molecule has 2 aromatic heterocycles. The number of benzene rings is 1. The Labute approximate surface area is 174 Å². The van der Waals surface area contributed by atoms with Gasteiger partial charge in [0.2, 0.25) is 0 Å². The number of hydrogen-bond acceptors (Lipinski definition) is 7. The molecule has 1 atom stereocenters. The molecule has 154 valence electrons. The zero-order valence-corrected chi connectivity index (χ0v) is 17.2. The van der Waals surface area contributed by atoms with Gasteiger partial charge in [0.05, 0.1) is 16.9 Å². The van der Waals surface area contributed by atoms with E-state index in [1.54, 1.807) is 0 Å².